The van der Waals surface area contributed by atoms with E-state index in [1.54, 1.807) is 4.57 Å². The van der Waals surface area contributed by atoms with E-state index in [4.69, 9.17) is 10.8 Å². The van der Waals surface area contributed by atoms with Crippen LogP contribution in [-0.4, -0.2) is 15.9 Å². The van der Waals surface area contributed by atoms with Crippen LogP contribution in [0.5, 0.6) is 0 Å². The predicted molar refractivity (Wildman–Crippen MR) is 85.8 cm³/mol. The third kappa shape index (κ3) is 2.73. The van der Waals surface area contributed by atoms with Gasteiger partial charge in [0.05, 0.1) is 17.4 Å². The Labute approximate surface area is 126 Å². The van der Waals surface area contributed by atoms with Gasteiger partial charge in [-0.25, -0.2) is 4.98 Å². The minimum atomic E-state index is 0.254. The lowest BCUT2D eigenvalue weighted by Crippen LogP contribution is -2.23. The Kier molecular flexibility index (Phi) is 3.83. The average molecular weight is 294 g/mol. The Balaban J connectivity index is 2.01. The lowest BCUT2D eigenvalue weighted by Gasteiger charge is -2.09. The second-order valence-corrected chi connectivity index (χ2v) is 5.49. The summed E-state index contributed by atoms with van der Waals surface area (Å²) in [6, 6.07) is 17.7. The third-order valence-corrected chi connectivity index (χ3v) is 4.19. The zero-order valence-corrected chi connectivity index (χ0v) is 12.1. The zero-order chi connectivity index (χ0) is 14.7. The number of benzene rings is 2. The van der Waals surface area contributed by atoms with Crippen molar-refractivity contribution in [2.24, 2.45) is 0 Å². The summed E-state index contributed by atoms with van der Waals surface area (Å²) in [6.07, 6.45) is 1.17. The van der Waals surface area contributed by atoms with E-state index in [2.05, 4.69) is 17.1 Å². The smallest absolute Gasteiger partial charge is 0.163 e. The molecule has 0 aliphatic carbocycles. The molecule has 0 unspecified atom stereocenters. The van der Waals surface area contributed by atoms with Crippen LogP contribution >= 0.6 is 11.8 Å². The SMILES string of the molecule is N=Cn1c(=N)c(SCc2ccccc2)nc2ccccc21. The van der Waals surface area contributed by atoms with Gasteiger partial charge < -0.3 is 0 Å². The van der Waals surface area contributed by atoms with Crippen LogP contribution in [0.4, 0.5) is 0 Å². The number of para-hydroxylation sites is 2. The summed E-state index contributed by atoms with van der Waals surface area (Å²) in [5.74, 6) is 0.760. The molecule has 0 radical (unpaired) electrons. The van der Waals surface area contributed by atoms with E-state index >= 15 is 0 Å². The van der Waals surface area contributed by atoms with E-state index in [-0.39, 0.29) is 5.49 Å². The van der Waals surface area contributed by atoms with Crippen molar-refractivity contribution in [3.8, 4) is 0 Å². The molecule has 0 saturated carbocycles. The number of nitrogens with zero attached hydrogens (tertiary/aromatic N) is 2. The van der Waals surface area contributed by atoms with Gasteiger partial charge >= 0.3 is 0 Å². The monoisotopic (exact) mass is 294 g/mol. The van der Waals surface area contributed by atoms with E-state index in [0.29, 0.717) is 5.03 Å². The first-order chi connectivity index (χ1) is 10.3. The molecule has 0 saturated heterocycles. The molecule has 0 spiro atoms. The van der Waals surface area contributed by atoms with Crippen molar-refractivity contribution < 1.29 is 0 Å². The molecule has 1 aromatic heterocycles. The van der Waals surface area contributed by atoms with Crippen LogP contribution in [0, 0.1) is 10.8 Å². The molecule has 0 aliphatic heterocycles. The van der Waals surface area contributed by atoms with Crippen LogP contribution in [0.2, 0.25) is 0 Å². The fourth-order valence-corrected chi connectivity index (χ4v) is 3.00. The molecule has 2 N–H and O–H groups in total. The second-order valence-electron chi connectivity index (χ2n) is 4.53. The standard InChI is InChI=1S/C16H14N4S/c17-11-20-14-9-5-4-8-13(14)19-16(15(20)18)21-10-12-6-2-1-3-7-12/h1-9,11,17-18H,10H2. The van der Waals surface area contributed by atoms with Gasteiger partial charge in [-0.1, -0.05) is 54.2 Å². The first-order valence-electron chi connectivity index (χ1n) is 6.53. The number of nitrogens with one attached hydrogen (secondary N) is 2. The number of thioether (sulfide) groups is 1. The largest absolute Gasteiger partial charge is 0.291 e. The van der Waals surface area contributed by atoms with Gasteiger partial charge in [0.15, 0.2) is 5.49 Å². The van der Waals surface area contributed by atoms with Crippen molar-refractivity contribution in [2.45, 2.75) is 10.8 Å². The highest BCUT2D eigenvalue weighted by molar-refractivity contribution is 7.98. The van der Waals surface area contributed by atoms with Crippen LogP contribution < -0.4 is 5.49 Å². The maximum Gasteiger partial charge on any atom is 0.163 e. The van der Waals surface area contributed by atoms with E-state index in [9.17, 15) is 0 Å². The summed E-state index contributed by atoms with van der Waals surface area (Å²) < 4.78 is 1.55. The van der Waals surface area contributed by atoms with Crippen molar-refractivity contribution in [1.29, 1.82) is 10.8 Å². The van der Waals surface area contributed by atoms with Gasteiger partial charge in [-0.3, -0.25) is 15.4 Å². The number of fused-ring (bicyclic) bond motifs is 1. The van der Waals surface area contributed by atoms with E-state index in [1.807, 2.05) is 42.5 Å². The van der Waals surface area contributed by atoms with E-state index in [0.717, 1.165) is 16.8 Å². The molecule has 0 atom stereocenters. The summed E-state index contributed by atoms with van der Waals surface area (Å²) in [5.41, 5.74) is 3.03. The van der Waals surface area contributed by atoms with Gasteiger partial charge in [0, 0.05) is 5.75 Å². The number of hydrogen-bond acceptors (Lipinski definition) is 4. The van der Waals surface area contributed by atoms with Crippen molar-refractivity contribution in [3.05, 3.63) is 65.6 Å². The lowest BCUT2D eigenvalue weighted by atomic mass is 10.2. The van der Waals surface area contributed by atoms with Gasteiger partial charge in [-0.15, -0.1) is 0 Å². The normalized spacial score (nSPS) is 10.7. The lowest BCUT2D eigenvalue weighted by molar-refractivity contribution is 0.909. The fraction of sp³-hybridized carbons (Fsp3) is 0.0625. The summed E-state index contributed by atoms with van der Waals surface area (Å²) in [7, 11) is 0. The van der Waals surface area contributed by atoms with Gasteiger partial charge in [-0.05, 0) is 17.7 Å². The van der Waals surface area contributed by atoms with E-state index < -0.39 is 0 Å². The molecule has 21 heavy (non-hydrogen) atoms. The Morgan fingerprint density at radius 3 is 2.52 bits per heavy atom. The maximum atomic E-state index is 8.22. The van der Waals surface area contributed by atoms with Crippen molar-refractivity contribution in [3.63, 3.8) is 0 Å². The fourth-order valence-electron chi connectivity index (χ4n) is 2.11. The van der Waals surface area contributed by atoms with Crippen LogP contribution in [-0.2, 0) is 5.75 Å². The summed E-state index contributed by atoms with van der Waals surface area (Å²) in [5, 5.41) is 16.4. The number of rotatable bonds is 4. The Morgan fingerprint density at radius 1 is 1.05 bits per heavy atom. The number of aromatic nitrogens is 2. The van der Waals surface area contributed by atoms with Crippen molar-refractivity contribution in [1.82, 2.24) is 9.55 Å². The molecule has 1 heterocycles. The molecule has 2 aromatic carbocycles. The summed E-state index contributed by atoms with van der Waals surface area (Å²) >= 11 is 1.52. The zero-order valence-electron chi connectivity index (χ0n) is 11.3. The molecule has 104 valence electrons. The van der Waals surface area contributed by atoms with Gasteiger partial charge in [0.1, 0.15) is 5.03 Å². The van der Waals surface area contributed by atoms with Crippen LogP contribution in [0.1, 0.15) is 5.56 Å². The summed E-state index contributed by atoms with van der Waals surface area (Å²) in [6.45, 7) is 0. The molecule has 0 fully saturated rings. The second kappa shape index (κ2) is 5.93. The van der Waals surface area contributed by atoms with Crippen molar-refractivity contribution in [2.75, 3.05) is 0 Å². The van der Waals surface area contributed by atoms with Gasteiger partial charge in [-0.2, -0.15) is 0 Å². The first-order valence-corrected chi connectivity index (χ1v) is 7.51. The molecular formula is C16H14N4S. The topological polar surface area (TPSA) is 65.5 Å². The first kappa shape index (κ1) is 13.6. The molecule has 5 heteroatoms. The summed E-state index contributed by atoms with van der Waals surface area (Å²) in [4.78, 5) is 4.55. The highest BCUT2D eigenvalue weighted by atomic mass is 32.2. The van der Waals surface area contributed by atoms with Crippen LogP contribution in [0.25, 0.3) is 11.0 Å². The maximum absolute atomic E-state index is 8.22. The Morgan fingerprint density at radius 2 is 1.76 bits per heavy atom. The Bertz CT molecular complexity index is 840. The number of hydrogen-bond donors (Lipinski definition) is 2. The van der Waals surface area contributed by atoms with Gasteiger partial charge in [0.2, 0.25) is 0 Å². The quantitative estimate of drug-likeness (QED) is 0.440. The molecule has 0 amide bonds. The molecular weight excluding hydrogens is 280 g/mol. The predicted octanol–water partition coefficient (Wildman–Crippen LogP) is 3.26. The minimum absolute atomic E-state index is 0.254. The van der Waals surface area contributed by atoms with Gasteiger partial charge in [0.25, 0.3) is 0 Å². The van der Waals surface area contributed by atoms with Crippen LogP contribution in [0.15, 0.2) is 59.6 Å². The van der Waals surface area contributed by atoms with E-state index in [1.165, 1.54) is 23.7 Å². The highest BCUT2D eigenvalue weighted by Gasteiger charge is 2.07. The molecule has 0 aliphatic rings. The Hall–Kier alpha value is -2.40. The molecule has 3 rings (SSSR count). The molecule has 3 aromatic rings. The molecule has 4 nitrogen and oxygen atoms in total. The minimum Gasteiger partial charge on any atom is -0.291 e. The average Bonchev–Trinajstić information content (AvgIpc) is 2.54. The van der Waals surface area contributed by atoms with Crippen molar-refractivity contribution >= 4 is 29.1 Å². The highest BCUT2D eigenvalue weighted by Crippen LogP contribution is 2.20. The third-order valence-electron chi connectivity index (χ3n) is 3.15. The van der Waals surface area contributed by atoms with Crippen LogP contribution in [0.3, 0.4) is 0 Å². The molecule has 0 bridgehead atoms.